The van der Waals surface area contributed by atoms with Crippen LogP contribution in [0.4, 0.5) is 11.4 Å². The number of rotatable bonds is 3. The van der Waals surface area contributed by atoms with Crippen molar-refractivity contribution < 1.29 is 4.52 Å². The zero-order valence-corrected chi connectivity index (χ0v) is 8.54. The Morgan fingerprint density at radius 3 is 2.57 bits per heavy atom. The lowest BCUT2D eigenvalue weighted by Crippen LogP contribution is -1.87. The van der Waals surface area contributed by atoms with Crippen molar-refractivity contribution in [2.45, 2.75) is 4.90 Å². The average molecular weight is 206 g/mol. The van der Waals surface area contributed by atoms with Gasteiger partial charge >= 0.3 is 0 Å². The second-order valence-electron chi connectivity index (χ2n) is 2.77. The van der Waals surface area contributed by atoms with E-state index in [1.165, 1.54) is 4.90 Å². The van der Waals surface area contributed by atoms with Gasteiger partial charge in [0.1, 0.15) is 6.26 Å². The van der Waals surface area contributed by atoms with Gasteiger partial charge in [0.2, 0.25) is 0 Å². The summed E-state index contributed by atoms with van der Waals surface area (Å²) in [5.74, 6) is 0. The first-order valence-corrected chi connectivity index (χ1v) is 5.41. The van der Waals surface area contributed by atoms with Gasteiger partial charge in [-0.3, -0.25) is 0 Å². The van der Waals surface area contributed by atoms with E-state index in [1.54, 1.807) is 24.2 Å². The van der Waals surface area contributed by atoms with E-state index in [4.69, 9.17) is 4.52 Å². The number of nitrogens with one attached hydrogen (secondary N) is 1. The van der Waals surface area contributed by atoms with E-state index in [0.29, 0.717) is 0 Å². The average Bonchev–Trinajstić information content (AvgIpc) is 2.72. The highest BCUT2D eigenvalue weighted by molar-refractivity contribution is 7.98. The molecule has 0 saturated carbocycles. The first kappa shape index (κ1) is 9.15. The Labute approximate surface area is 86.5 Å². The summed E-state index contributed by atoms with van der Waals surface area (Å²) >= 11 is 1.73. The van der Waals surface area contributed by atoms with Gasteiger partial charge < -0.3 is 9.84 Å². The van der Waals surface area contributed by atoms with Crippen LogP contribution in [-0.2, 0) is 0 Å². The summed E-state index contributed by atoms with van der Waals surface area (Å²) in [4.78, 5) is 1.25. The van der Waals surface area contributed by atoms with Crippen LogP contribution in [0.5, 0.6) is 0 Å². The number of hydrogen-bond acceptors (Lipinski definition) is 4. The van der Waals surface area contributed by atoms with E-state index in [0.717, 1.165) is 11.4 Å². The molecule has 0 aliphatic carbocycles. The van der Waals surface area contributed by atoms with Crippen LogP contribution in [-0.4, -0.2) is 11.4 Å². The molecule has 1 aromatic carbocycles. The quantitative estimate of drug-likeness (QED) is 0.783. The molecule has 14 heavy (non-hydrogen) atoms. The predicted molar refractivity (Wildman–Crippen MR) is 58.0 cm³/mol. The normalized spacial score (nSPS) is 10.1. The molecule has 72 valence electrons. The fourth-order valence-corrected chi connectivity index (χ4v) is 1.52. The zero-order valence-electron chi connectivity index (χ0n) is 7.73. The second-order valence-corrected chi connectivity index (χ2v) is 3.65. The van der Waals surface area contributed by atoms with Gasteiger partial charge in [-0.25, -0.2) is 0 Å². The van der Waals surface area contributed by atoms with Gasteiger partial charge in [-0.05, 0) is 30.5 Å². The van der Waals surface area contributed by atoms with Gasteiger partial charge in [0, 0.05) is 10.6 Å². The van der Waals surface area contributed by atoms with Crippen LogP contribution in [0.2, 0.25) is 0 Å². The molecule has 0 radical (unpaired) electrons. The largest absolute Gasteiger partial charge is 0.363 e. The Balaban J connectivity index is 2.10. The first-order chi connectivity index (χ1) is 6.88. The number of anilines is 2. The molecule has 0 atom stereocenters. The molecule has 4 heteroatoms. The lowest BCUT2D eigenvalue weighted by Gasteiger charge is -2.02. The van der Waals surface area contributed by atoms with Crippen LogP contribution in [0.3, 0.4) is 0 Å². The number of benzene rings is 1. The summed E-state index contributed by atoms with van der Waals surface area (Å²) in [7, 11) is 0. The Bertz CT molecular complexity index is 383. The van der Waals surface area contributed by atoms with Crippen LogP contribution < -0.4 is 5.32 Å². The lowest BCUT2D eigenvalue weighted by atomic mass is 10.3. The SMILES string of the molecule is CSc1ccc(Nc2cnoc2)cc1. The molecule has 2 rings (SSSR count). The van der Waals surface area contributed by atoms with E-state index < -0.39 is 0 Å². The maximum Gasteiger partial charge on any atom is 0.147 e. The summed E-state index contributed by atoms with van der Waals surface area (Å²) in [6.07, 6.45) is 5.27. The number of hydrogen-bond donors (Lipinski definition) is 1. The molecule has 1 aromatic heterocycles. The lowest BCUT2D eigenvalue weighted by molar-refractivity contribution is 0.420. The Morgan fingerprint density at radius 2 is 2.00 bits per heavy atom. The predicted octanol–water partition coefficient (Wildman–Crippen LogP) is 3.14. The molecule has 0 spiro atoms. The van der Waals surface area contributed by atoms with Crippen molar-refractivity contribution >= 4 is 23.1 Å². The van der Waals surface area contributed by atoms with Gasteiger partial charge in [-0.2, -0.15) is 0 Å². The molecule has 1 heterocycles. The maximum absolute atomic E-state index is 4.71. The number of aromatic nitrogens is 1. The molecule has 0 fully saturated rings. The van der Waals surface area contributed by atoms with Crippen molar-refractivity contribution in [1.29, 1.82) is 0 Å². The highest BCUT2D eigenvalue weighted by Gasteiger charge is 1.96. The first-order valence-electron chi connectivity index (χ1n) is 4.19. The molecule has 0 amide bonds. The molecule has 0 aliphatic rings. The van der Waals surface area contributed by atoms with Gasteiger partial charge in [-0.1, -0.05) is 5.16 Å². The minimum absolute atomic E-state index is 0.863. The molecule has 2 aromatic rings. The zero-order chi connectivity index (χ0) is 9.80. The summed E-state index contributed by atoms with van der Waals surface area (Å²) in [5, 5.41) is 6.78. The monoisotopic (exact) mass is 206 g/mol. The van der Waals surface area contributed by atoms with Crippen molar-refractivity contribution in [2.75, 3.05) is 11.6 Å². The fourth-order valence-electron chi connectivity index (χ4n) is 1.11. The minimum Gasteiger partial charge on any atom is -0.363 e. The topological polar surface area (TPSA) is 38.1 Å². The van der Waals surface area contributed by atoms with Gasteiger partial charge in [0.05, 0.1) is 11.9 Å². The molecular formula is C10H10N2OS. The van der Waals surface area contributed by atoms with Crippen LogP contribution in [0.1, 0.15) is 0 Å². The maximum atomic E-state index is 4.71. The third-order valence-corrected chi connectivity index (χ3v) is 2.55. The molecular weight excluding hydrogens is 196 g/mol. The Hall–Kier alpha value is -1.42. The highest BCUT2D eigenvalue weighted by Crippen LogP contribution is 2.20. The molecule has 1 N–H and O–H groups in total. The summed E-state index contributed by atoms with van der Waals surface area (Å²) < 4.78 is 4.71. The van der Waals surface area contributed by atoms with Crippen molar-refractivity contribution in [3.63, 3.8) is 0 Å². The Morgan fingerprint density at radius 1 is 1.21 bits per heavy atom. The third kappa shape index (κ3) is 2.09. The number of thioether (sulfide) groups is 1. The molecule has 0 aliphatic heterocycles. The van der Waals surface area contributed by atoms with E-state index in [-0.39, 0.29) is 0 Å². The van der Waals surface area contributed by atoms with E-state index in [9.17, 15) is 0 Å². The number of nitrogens with zero attached hydrogens (tertiary/aromatic N) is 1. The smallest absolute Gasteiger partial charge is 0.147 e. The van der Waals surface area contributed by atoms with Crippen LogP contribution >= 0.6 is 11.8 Å². The van der Waals surface area contributed by atoms with E-state index in [1.807, 2.05) is 12.1 Å². The van der Waals surface area contributed by atoms with Gasteiger partial charge in [-0.15, -0.1) is 11.8 Å². The molecule has 0 bridgehead atoms. The van der Waals surface area contributed by atoms with Crippen LogP contribution in [0.15, 0.2) is 46.1 Å². The van der Waals surface area contributed by atoms with E-state index >= 15 is 0 Å². The molecule has 3 nitrogen and oxygen atoms in total. The van der Waals surface area contributed by atoms with Crippen LogP contribution in [0, 0.1) is 0 Å². The summed E-state index contributed by atoms with van der Waals surface area (Å²) in [5.41, 5.74) is 1.90. The Kier molecular flexibility index (Phi) is 2.74. The molecule has 0 saturated heterocycles. The second kappa shape index (κ2) is 4.19. The summed E-state index contributed by atoms with van der Waals surface area (Å²) in [6, 6.07) is 8.19. The molecule has 0 unspecified atom stereocenters. The van der Waals surface area contributed by atoms with Crippen molar-refractivity contribution in [2.24, 2.45) is 0 Å². The van der Waals surface area contributed by atoms with E-state index in [2.05, 4.69) is 28.9 Å². The van der Waals surface area contributed by atoms with Gasteiger partial charge in [0.15, 0.2) is 0 Å². The summed E-state index contributed by atoms with van der Waals surface area (Å²) in [6.45, 7) is 0. The van der Waals surface area contributed by atoms with Crippen LogP contribution in [0.25, 0.3) is 0 Å². The van der Waals surface area contributed by atoms with Crippen molar-refractivity contribution in [3.05, 3.63) is 36.7 Å². The minimum atomic E-state index is 0.863. The standard InChI is InChI=1S/C10H10N2OS/c1-14-10-4-2-8(3-5-10)12-9-6-11-13-7-9/h2-7,12H,1H3. The van der Waals surface area contributed by atoms with Gasteiger partial charge in [0.25, 0.3) is 0 Å². The van der Waals surface area contributed by atoms with Crippen molar-refractivity contribution in [1.82, 2.24) is 5.16 Å². The highest BCUT2D eigenvalue weighted by atomic mass is 32.2. The fraction of sp³-hybridized carbons (Fsp3) is 0.100. The third-order valence-electron chi connectivity index (χ3n) is 1.81. The van der Waals surface area contributed by atoms with Crippen molar-refractivity contribution in [3.8, 4) is 0 Å².